The van der Waals surface area contributed by atoms with E-state index >= 15 is 0 Å². The van der Waals surface area contributed by atoms with Crippen molar-refractivity contribution in [2.75, 3.05) is 12.3 Å². The Balaban J connectivity index is 1.72. The van der Waals surface area contributed by atoms with Crippen molar-refractivity contribution in [1.82, 2.24) is 9.88 Å². The van der Waals surface area contributed by atoms with E-state index in [1.807, 2.05) is 0 Å². The van der Waals surface area contributed by atoms with Crippen LogP contribution in [0.4, 0.5) is 5.13 Å². The molecule has 1 aromatic heterocycles. The van der Waals surface area contributed by atoms with Gasteiger partial charge in [-0.05, 0) is 17.5 Å². The molecule has 17 heavy (non-hydrogen) atoms. The van der Waals surface area contributed by atoms with E-state index in [2.05, 4.69) is 39.5 Å². The van der Waals surface area contributed by atoms with Crippen LogP contribution in [0.3, 0.4) is 0 Å². The Morgan fingerprint density at radius 3 is 2.88 bits per heavy atom. The summed E-state index contributed by atoms with van der Waals surface area (Å²) in [6, 6.07) is 8.68. The van der Waals surface area contributed by atoms with Crippen molar-refractivity contribution in [3.63, 3.8) is 0 Å². The lowest BCUT2D eigenvalue weighted by Gasteiger charge is -2.27. The second-order valence-electron chi connectivity index (χ2n) is 4.41. The normalized spacial score (nSPS) is 15.8. The van der Waals surface area contributed by atoms with Crippen LogP contribution in [0.1, 0.15) is 16.8 Å². The van der Waals surface area contributed by atoms with Crippen molar-refractivity contribution < 1.29 is 0 Å². The molecule has 0 atom stereocenters. The van der Waals surface area contributed by atoms with Gasteiger partial charge in [0, 0.05) is 25.0 Å². The van der Waals surface area contributed by atoms with E-state index in [1.54, 1.807) is 0 Å². The molecular weight excluding hydrogens is 230 g/mol. The molecule has 0 amide bonds. The Morgan fingerprint density at radius 2 is 2.12 bits per heavy atom. The van der Waals surface area contributed by atoms with Crippen molar-refractivity contribution in [3.05, 3.63) is 46.5 Å². The maximum absolute atomic E-state index is 5.65. The summed E-state index contributed by atoms with van der Waals surface area (Å²) in [4.78, 5) is 6.74. The fraction of sp³-hybridized carbons (Fsp3) is 0.308. The standard InChI is InChI=1S/C13H15N3S/c14-13-15-12(9-17-13)8-16-6-5-10-3-1-2-4-11(10)7-16/h1-4,9H,5-8H2,(H2,14,15). The number of nitrogen functional groups attached to an aromatic ring is 1. The highest BCUT2D eigenvalue weighted by Gasteiger charge is 2.16. The third-order valence-electron chi connectivity index (χ3n) is 3.16. The summed E-state index contributed by atoms with van der Waals surface area (Å²) in [7, 11) is 0. The Labute approximate surface area is 105 Å². The number of anilines is 1. The fourth-order valence-corrected chi connectivity index (χ4v) is 2.87. The molecular formula is C13H15N3S. The molecule has 0 spiro atoms. The molecule has 2 N–H and O–H groups in total. The zero-order valence-corrected chi connectivity index (χ0v) is 10.4. The van der Waals surface area contributed by atoms with Gasteiger partial charge in [0.15, 0.2) is 5.13 Å². The van der Waals surface area contributed by atoms with Crippen molar-refractivity contribution in [2.45, 2.75) is 19.5 Å². The van der Waals surface area contributed by atoms with Gasteiger partial charge in [-0.1, -0.05) is 24.3 Å². The third kappa shape index (κ3) is 2.33. The minimum Gasteiger partial charge on any atom is -0.375 e. The number of benzene rings is 1. The molecule has 0 saturated carbocycles. The summed E-state index contributed by atoms with van der Waals surface area (Å²) in [5.41, 5.74) is 9.67. The highest BCUT2D eigenvalue weighted by atomic mass is 32.1. The van der Waals surface area contributed by atoms with E-state index in [9.17, 15) is 0 Å². The lowest BCUT2D eigenvalue weighted by Crippen LogP contribution is -2.30. The quantitative estimate of drug-likeness (QED) is 0.882. The number of rotatable bonds is 2. The average molecular weight is 245 g/mol. The Morgan fingerprint density at radius 1 is 1.29 bits per heavy atom. The Hall–Kier alpha value is -1.39. The highest BCUT2D eigenvalue weighted by molar-refractivity contribution is 7.13. The number of thiazole rings is 1. The molecule has 0 bridgehead atoms. The fourth-order valence-electron chi connectivity index (χ4n) is 2.31. The van der Waals surface area contributed by atoms with Gasteiger partial charge in [0.25, 0.3) is 0 Å². The molecule has 0 fully saturated rings. The van der Waals surface area contributed by atoms with Gasteiger partial charge < -0.3 is 5.73 Å². The molecule has 88 valence electrons. The van der Waals surface area contributed by atoms with Crippen LogP contribution in [0.5, 0.6) is 0 Å². The molecule has 2 heterocycles. The summed E-state index contributed by atoms with van der Waals surface area (Å²) in [5.74, 6) is 0. The van der Waals surface area contributed by atoms with Crippen LogP contribution >= 0.6 is 11.3 Å². The molecule has 3 nitrogen and oxygen atoms in total. The second kappa shape index (κ2) is 4.47. The predicted molar refractivity (Wildman–Crippen MR) is 70.8 cm³/mol. The lowest BCUT2D eigenvalue weighted by molar-refractivity contribution is 0.243. The van der Waals surface area contributed by atoms with Gasteiger partial charge in [0.05, 0.1) is 5.69 Å². The maximum Gasteiger partial charge on any atom is 0.180 e. The predicted octanol–water partition coefficient (Wildman–Crippen LogP) is 2.28. The highest BCUT2D eigenvalue weighted by Crippen LogP contribution is 2.21. The number of hydrogen-bond acceptors (Lipinski definition) is 4. The van der Waals surface area contributed by atoms with Gasteiger partial charge in [-0.25, -0.2) is 4.98 Å². The largest absolute Gasteiger partial charge is 0.375 e. The van der Waals surface area contributed by atoms with Gasteiger partial charge in [-0.2, -0.15) is 0 Å². The van der Waals surface area contributed by atoms with Crippen LogP contribution in [0.25, 0.3) is 0 Å². The van der Waals surface area contributed by atoms with Gasteiger partial charge in [0.1, 0.15) is 0 Å². The van der Waals surface area contributed by atoms with E-state index in [1.165, 1.54) is 22.5 Å². The molecule has 0 unspecified atom stereocenters. The molecule has 0 aliphatic carbocycles. The first kappa shape index (κ1) is 10.7. The molecule has 0 radical (unpaired) electrons. The summed E-state index contributed by atoms with van der Waals surface area (Å²) < 4.78 is 0. The van der Waals surface area contributed by atoms with Gasteiger partial charge in [-0.3, -0.25) is 4.90 Å². The second-order valence-corrected chi connectivity index (χ2v) is 5.30. The van der Waals surface area contributed by atoms with Crippen LogP contribution in [0.15, 0.2) is 29.6 Å². The monoisotopic (exact) mass is 245 g/mol. The number of nitrogens with two attached hydrogens (primary N) is 1. The summed E-state index contributed by atoms with van der Waals surface area (Å²) in [6.45, 7) is 3.03. The van der Waals surface area contributed by atoms with E-state index in [-0.39, 0.29) is 0 Å². The van der Waals surface area contributed by atoms with E-state index in [0.29, 0.717) is 5.13 Å². The van der Waals surface area contributed by atoms with E-state index < -0.39 is 0 Å². The molecule has 1 aromatic carbocycles. The molecule has 3 rings (SSSR count). The van der Waals surface area contributed by atoms with Crippen LogP contribution in [-0.2, 0) is 19.5 Å². The first-order chi connectivity index (χ1) is 8.31. The molecule has 0 saturated heterocycles. The van der Waals surface area contributed by atoms with Gasteiger partial charge in [0.2, 0.25) is 0 Å². The number of aromatic nitrogens is 1. The zero-order valence-electron chi connectivity index (χ0n) is 9.60. The third-order valence-corrected chi connectivity index (χ3v) is 3.89. The van der Waals surface area contributed by atoms with Crippen molar-refractivity contribution in [1.29, 1.82) is 0 Å². The van der Waals surface area contributed by atoms with E-state index in [0.717, 1.165) is 31.7 Å². The minimum absolute atomic E-state index is 0.664. The van der Waals surface area contributed by atoms with Crippen LogP contribution in [0, 0.1) is 0 Å². The number of hydrogen-bond donors (Lipinski definition) is 1. The molecule has 4 heteroatoms. The van der Waals surface area contributed by atoms with Crippen LogP contribution in [0.2, 0.25) is 0 Å². The molecule has 2 aromatic rings. The van der Waals surface area contributed by atoms with Crippen LogP contribution in [-0.4, -0.2) is 16.4 Å². The van der Waals surface area contributed by atoms with Crippen molar-refractivity contribution in [2.24, 2.45) is 0 Å². The lowest BCUT2D eigenvalue weighted by atomic mass is 10.00. The zero-order chi connectivity index (χ0) is 11.7. The smallest absolute Gasteiger partial charge is 0.180 e. The summed E-state index contributed by atoms with van der Waals surface area (Å²) >= 11 is 1.52. The van der Waals surface area contributed by atoms with Gasteiger partial charge >= 0.3 is 0 Å². The Kier molecular flexibility index (Phi) is 2.82. The summed E-state index contributed by atoms with van der Waals surface area (Å²) in [6.07, 6.45) is 1.13. The average Bonchev–Trinajstić information content (AvgIpc) is 2.75. The number of nitrogens with zero attached hydrogens (tertiary/aromatic N) is 2. The number of fused-ring (bicyclic) bond motifs is 1. The molecule has 1 aliphatic heterocycles. The SMILES string of the molecule is Nc1nc(CN2CCc3ccccc3C2)cs1. The van der Waals surface area contributed by atoms with E-state index in [4.69, 9.17) is 5.73 Å². The topological polar surface area (TPSA) is 42.1 Å². The summed E-state index contributed by atoms with van der Waals surface area (Å²) in [5, 5.41) is 2.72. The minimum atomic E-state index is 0.664. The Bertz CT molecular complexity index is 521. The van der Waals surface area contributed by atoms with Gasteiger partial charge in [-0.15, -0.1) is 11.3 Å². The van der Waals surface area contributed by atoms with Crippen LogP contribution < -0.4 is 5.73 Å². The first-order valence-electron chi connectivity index (χ1n) is 5.80. The maximum atomic E-state index is 5.65. The van der Waals surface area contributed by atoms with Crippen molar-refractivity contribution >= 4 is 16.5 Å². The van der Waals surface area contributed by atoms with Crippen molar-refractivity contribution in [3.8, 4) is 0 Å². The first-order valence-corrected chi connectivity index (χ1v) is 6.68. The molecule has 1 aliphatic rings.